The molecule has 1 aromatic carbocycles. The van der Waals surface area contributed by atoms with E-state index in [1.54, 1.807) is 19.0 Å². The molecule has 1 saturated heterocycles. The van der Waals surface area contributed by atoms with Crippen molar-refractivity contribution in [1.82, 2.24) is 9.80 Å². The van der Waals surface area contributed by atoms with Crippen LogP contribution < -0.4 is 0 Å². The molecule has 4 nitrogen and oxygen atoms in total. The van der Waals surface area contributed by atoms with E-state index in [0.29, 0.717) is 6.42 Å². The van der Waals surface area contributed by atoms with Gasteiger partial charge in [-0.2, -0.15) is 0 Å². The van der Waals surface area contributed by atoms with Crippen LogP contribution in [0.25, 0.3) is 0 Å². The molecule has 0 spiro atoms. The third-order valence-corrected chi connectivity index (χ3v) is 3.95. The maximum Gasteiger partial charge on any atom is 0.326 e. The number of hydrogen-bond acceptors (Lipinski definition) is 2. The van der Waals surface area contributed by atoms with E-state index in [-0.39, 0.29) is 23.9 Å². The molecule has 0 aromatic heterocycles. The van der Waals surface area contributed by atoms with Gasteiger partial charge in [-0.05, 0) is 18.9 Å². The Morgan fingerprint density at radius 3 is 2.26 bits per heavy atom. The molecule has 0 bridgehead atoms. The van der Waals surface area contributed by atoms with Crippen molar-refractivity contribution in [3.63, 3.8) is 0 Å². The van der Waals surface area contributed by atoms with Crippen LogP contribution in [-0.4, -0.2) is 41.9 Å². The second-order valence-electron chi connectivity index (χ2n) is 5.34. The largest absolute Gasteiger partial charge is 0.326 e. The van der Waals surface area contributed by atoms with Crippen LogP contribution in [0.3, 0.4) is 0 Å². The Hall–Kier alpha value is -1.84. The zero-order valence-corrected chi connectivity index (χ0v) is 11.9. The van der Waals surface area contributed by atoms with E-state index in [4.69, 9.17) is 0 Å². The molecule has 2 unspecified atom stereocenters. The number of benzene rings is 1. The summed E-state index contributed by atoms with van der Waals surface area (Å²) in [6, 6.07) is 7.93. The van der Waals surface area contributed by atoms with E-state index in [1.165, 1.54) is 10.5 Å². The summed E-state index contributed by atoms with van der Waals surface area (Å²) in [4.78, 5) is 26.9. The average molecular weight is 260 g/mol. The molecule has 19 heavy (non-hydrogen) atoms. The van der Waals surface area contributed by atoms with Gasteiger partial charge >= 0.3 is 6.03 Å². The topological polar surface area (TPSA) is 40.6 Å². The van der Waals surface area contributed by atoms with Crippen LogP contribution in [0.1, 0.15) is 18.1 Å². The van der Waals surface area contributed by atoms with Crippen LogP contribution in [0.15, 0.2) is 24.3 Å². The Balaban J connectivity index is 2.20. The van der Waals surface area contributed by atoms with Crippen molar-refractivity contribution in [2.24, 2.45) is 5.92 Å². The predicted molar refractivity (Wildman–Crippen MR) is 73.8 cm³/mol. The van der Waals surface area contributed by atoms with Gasteiger partial charge in [0.15, 0.2) is 0 Å². The molecule has 1 heterocycles. The summed E-state index contributed by atoms with van der Waals surface area (Å²) in [5.41, 5.74) is 2.36. The molecule has 0 N–H and O–H groups in total. The molecule has 0 aliphatic carbocycles. The van der Waals surface area contributed by atoms with Gasteiger partial charge in [-0.3, -0.25) is 9.69 Å². The number of urea groups is 1. The highest BCUT2D eigenvalue weighted by Gasteiger charge is 2.40. The number of likely N-dealkylation sites (N-methyl/N-ethyl adjacent to an activating group) is 1. The van der Waals surface area contributed by atoms with Gasteiger partial charge in [-0.1, -0.05) is 36.8 Å². The monoisotopic (exact) mass is 260 g/mol. The lowest BCUT2D eigenvalue weighted by Gasteiger charge is -2.40. The van der Waals surface area contributed by atoms with E-state index in [2.05, 4.69) is 24.3 Å². The first-order valence-corrected chi connectivity index (χ1v) is 6.51. The van der Waals surface area contributed by atoms with Crippen molar-refractivity contribution in [3.8, 4) is 0 Å². The first-order valence-electron chi connectivity index (χ1n) is 6.51. The molecule has 1 fully saturated rings. The van der Waals surface area contributed by atoms with Crippen LogP contribution >= 0.6 is 0 Å². The van der Waals surface area contributed by atoms with Crippen LogP contribution in [0.5, 0.6) is 0 Å². The van der Waals surface area contributed by atoms with Crippen molar-refractivity contribution in [2.75, 3.05) is 14.1 Å². The summed E-state index contributed by atoms with van der Waals surface area (Å²) in [6.45, 7) is 3.93. The molecular formula is C15H20N2O2. The number of carbonyl (C=O) groups is 2. The fourth-order valence-electron chi connectivity index (χ4n) is 2.56. The van der Waals surface area contributed by atoms with Crippen molar-refractivity contribution in [2.45, 2.75) is 26.3 Å². The number of nitrogens with zero attached hydrogens (tertiary/aromatic N) is 2. The Bertz CT molecular complexity index is 473. The third kappa shape index (κ3) is 2.48. The van der Waals surface area contributed by atoms with Gasteiger partial charge in [0.2, 0.25) is 5.91 Å². The van der Waals surface area contributed by atoms with Crippen molar-refractivity contribution < 1.29 is 9.59 Å². The normalized spacial score (nSPS) is 24.0. The summed E-state index contributed by atoms with van der Waals surface area (Å²) in [7, 11) is 3.31. The molecule has 2 rings (SSSR count). The molecule has 1 aliphatic heterocycles. The fourth-order valence-corrected chi connectivity index (χ4v) is 2.56. The maximum atomic E-state index is 12.0. The highest BCUT2D eigenvalue weighted by Crippen LogP contribution is 2.23. The molecule has 102 valence electrons. The van der Waals surface area contributed by atoms with Gasteiger partial charge in [0.25, 0.3) is 0 Å². The molecule has 4 heteroatoms. The summed E-state index contributed by atoms with van der Waals surface area (Å²) >= 11 is 0. The van der Waals surface area contributed by atoms with Crippen LogP contribution in [0, 0.1) is 12.8 Å². The van der Waals surface area contributed by atoms with Crippen LogP contribution in [0.4, 0.5) is 4.79 Å². The zero-order chi connectivity index (χ0) is 14.2. The predicted octanol–water partition coefficient (Wildman–Crippen LogP) is 2.07. The van der Waals surface area contributed by atoms with Crippen molar-refractivity contribution in [1.29, 1.82) is 0 Å². The van der Waals surface area contributed by atoms with Crippen LogP contribution in [-0.2, 0) is 11.2 Å². The first-order chi connectivity index (χ1) is 8.91. The van der Waals surface area contributed by atoms with E-state index in [9.17, 15) is 9.59 Å². The molecule has 0 radical (unpaired) electrons. The van der Waals surface area contributed by atoms with Gasteiger partial charge in [0, 0.05) is 20.1 Å². The highest BCUT2D eigenvalue weighted by atomic mass is 16.2. The fraction of sp³-hybridized carbons (Fsp3) is 0.467. The number of aryl methyl sites for hydroxylation is 1. The second kappa shape index (κ2) is 5.03. The smallest absolute Gasteiger partial charge is 0.323 e. The van der Waals surface area contributed by atoms with E-state index >= 15 is 0 Å². The average Bonchev–Trinajstić information content (AvgIpc) is 2.41. The van der Waals surface area contributed by atoms with Gasteiger partial charge in [0.05, 0.1) is 5.92 Å². The minimum Gasteiger partial charge on any atom is -0.323 e. The summed E-state index contributed by atoms with van der Waals surface area (Å²) in [5, 5.41) is 0. The third-order valence-electron chi connectivity index (χ3n) is 3.95. The molecule has 0 saturated carbocycles. The standard InChI is InChI=1S/C15H20N2O2/c1-10-5-7-12(8-6-10)9-13-11(2)14(18)17(4)15(19)16(13)3/h5-8,11,13H,9H2,1-4H3. The molecule has 3 amide bonds. The van der Waals surface area contributed by atoms with Gasteiger partial charge in [-0.25, -0.2) is 4.79 Å². The van der Waals surface area contributed by atoms with Gasteiger partial charge in [-0.15, -0.1) is 0 Å². The van der Waals surface area contributed by atoms with Gasteiger partial charge < -0.3 is 4.90 Å². The summed E-state index contributed by atoms with van der Waals surface area (Å²) in [6.07, 6.45) is 0.712. The number of rotatable bonds is 2. The van der Waals surface area contributed by atoms with Gasteiger partial charge in [0.1, 0.15) is 0 Å². The lowest BCUT2D eigenvalue weighted by atomic mass is 9.91. The summed E-state index contributed by atoms with van der Waals surface area (Å²) < 4.78 is 0. The molecular weight excluding hydrogens is 240 g/mol. The lowest BCUT2D eigenvalue weighted by Crippen LogP contribution is -2.58. The quantitative estimate of drug-likeness (QED) is 0.816. The second-order valence-corrected chi connectivity index (χ2v) is 5.34. The summed E-state index contributed by atoms with van der Waals surface area (Å²) in [5.74, 6) is -0.269. The Morgan fingerprint density at radius 2 is 1.68 bits per heavy atom. The number of hydrogen-bond donors (Lipinski definition) is 0. The number of imide groups is 1. The van der Waals surface area contributed by atoms with E-state index < -0.39 is 0 Å². The van der Waals surface area contributed by atoms with E-state index in [0.717, 1.165) is 5.56 Å². The first kappa shape index (κ1) is 13.6. The maximum absolute atomic E-state index is 12.0. The van der Waals surface area contributed by atoms with Crippen molar-refractivity contribution >= 4 is 11.9 Å². The van der Waals surface area contributed by atoms with E-state index in [1.807, 2.05) is 13.8 Å². The minimum absolute atomic E-state index is 0.0705. The SMILES string of the molecule is Cc1ccc(CC2C(C)C(=O)N(C)C(=O)N2C)cc1. The molecule has 1 aliphatic rings. The Labute approximate surface area is 114 Å². The molecule has 1 aromatic rings. The lowest BCUT2D eigenvalue weighted by molar-refractivity contribution is -0.136. The Kier molecular flexibility index (Phi) is 3.60. The van der Waals surface area contributed by atoms with Crippen LogP contribution in [0.2, 0.25) is 0 Å². The Morgan fingerprint density at radius 1 is 1.11 bits per heavy atom. The minimum atomic E-state index is -0.222. The zero-order valence-electron chi connectivity index (χ0n) is 11.9. The highest BCUT2D eigenvalue weighted by molar-refractivity contribution is 5.98. The number of amides is 3. The van der Waals surface area contributed by atoms with Crippen molar-refractivity contribution in [3.05, 3.63) is 35.4 Å². The number of carbonyl (C=O) groups excluding carboxylic acids is 2. The molecule has 2 atom stereocenters.